The first-order valence-electron chi connectivity index (χ1n) is 4.60. The van der Waals surface area contributed by atoms with E-state index in [-0.39, 0.29) is 6.61 Å². The van der Waals surface area contributed by atoms with Crippen LogP contribution in [0.4, 0.5) is 0 Å². The number of hydrogen-bond acceptors (Lipinski definition) is 3. The summed E-state index contributed by atoms with van der Waals surface area (Å²) in [7, 11) is 0. The second-order valence-corrected chi connectivity index (χ2v) is 2.78. The van der Waals surface area contributed by atoms with Gasteiger partial charge in [-0.2, -0.15) is 0 Å². The third kappa shape index (κ3) is 4.64. The minimum atomic E-state index is 0.0273. The Morgan fingerprint density at radius 1 is 1.29 bits per heavy atom. The SMILES string of the molecule is OCCONC=CCc1ccccc1. The van der Waals surface area contributed by atoms with Gasteiger partial charge in [-0.15, -0.1) is 0 Å². The maximum absolute atomic E-state index is 8.41. The van der Waals surface area contributed by atoms with Crippen LogP contribution in [0.3, 0.4) is 0 Å². The number of aliphatic hydroxyl groups excluding tert-OH is 1. The van der Waals surface area contributed by atoms with E-state index < -0.39 is 0 Å². The van der Waals surface area contributed by atoms with Crippen LogP contribution < -0.4 is 5.48 Å². The van der Waals surface area contributed by atoms with Crippen LogP contribution in [0.1, 0.15) is 5.56 Å². The summed E-state index contributed by atoms with van der Waals surface area (Å²) in [6, 6.07) is 10.2. The lowest BCUT2D eigenvalue weighted by Gasteiger charge is -1.98. The van der Waals surface area contributed by atoms with Crippen LogP contribution in [-0.4, -0.2) is 18.3 Å². The van der Waals surface area contributed by atoms with Crippen molar-refractivity contribution in [2.24, 2.45) is 0 Å². The van der Waals surface area contributed by atoms with Gasteiger partial charge in [-0.25, -0.2) is 0 Å². The summed E-state index contributed by atoms with van der Waals surface area (Å²) in [5.74, 6) is 0. The zero-order valence-corrected chi connectivity index (χ0v) is 8.02. The van der Waals surface area contributed by atoms with Gasteiger partial charge in [0.1, 0.15) is 0 Å². The molecule has 0 spiro atoms. The lowest BCUT2D eigenvalue weighted by Crippen LogP contribution is -2.09. The van der Waals surface area contributed by atoms with E-state index in [9.17, 15) is 0 Å². The summed E-state index contributed by atoms with van der Waals surface area (Å²) in [5.41, 5.74) is 3.87. The molecule has 3 nitrogen and oxygen atoms in total. The van der Waals surface area contributed by atoms with Gasteiger partial charge in [0, 0.05) is 6.20 Å². The van der Waals surface area contributed by atoms with Crippen molar-refractivity contribution < 1.29 is 9.94 Å². The van der Waals surface area contributed by atoms with Gasteiger partial charge in [0.05, 0.1) is 13.2 Å². The molecule has 0 bridgehead atoms. The minimum absolute atomic E-state index is 0.0273. The molecule has 0 aliphatic carbocycles. The topological polar surface area (TPSA) is 41.5 Å². The fourth-order valence-electron chi connectivity index (χ4n) is 1.01. The van der Waals surface area contributed by atoms with E-state index in [0.717, 1.165) is 6.42 Å². The quantitative estimate of drug-likeness (QED) is 0.528. The van der Waals surface area contributed by atoms with Crippen LogP contribution in [-0.2, 0) is 11.3 Å². The highest BCUT2D eigenvalue weighted by Gasteiger charge is 1.85. The molecule has 0 fully saturated rings. The number of hydroxylamine groups is 1. The summed E-state index contributed by atoms with van der Waals surface area (Å²) < 4.78 is 0. The predicted octanol–water partition coefficient (Wildman–Crippen LogP) is 1.26. The summed E-state index contributed by atoms with van der Waals surface area (Å²) in [5, 5.41) is 8.41. The molecular formula is C11H15NO2. The van der Waals surface area contributed by atoms with E-state index in [1.807, 2.05) is 24.3 Å². The van der Waals surface area contributed by atoms with Crippen molar-refractivity contribution in [3.63, 3.8) is 0 Å². The molecule has 2 N–H and O–H groups in total. The zero-order valence-electron chi connectivity index (χ0n) is 8.02. The fourth-order valence-corrected chi connectivity index (χ4v) is 1.01. The van der Waals surface area contributed by atoms with Crippen LogP contribution in [0.2, 0.25) is 0 Å². The predicted molar refractivity (Wildman–Crippen MR) is 55.5 cm³/mol. The van der Waals surface area contributed by atoms with Crippen molar-refractivity contribution in [3.05, 3.63) is 48.2 Å². The van der Waals surface area contributed by atoms with E-state index in [1.54, 1.807) is 6.20 Å². The maximum Gasteiger partial charge on any atom is 0.0976 e. The Labute approximate surface area is 84.0 Å². The molecule has 76 valence electrons. The highest BCUT2D eigenvalue weighted by atomic mass is 16.6. The molecule has 0 unspecified atom stereocenters. The monoisotopic (exact) mass is 193 g/mol. The molecule has 3 heteroatoms. The van der Waals surface area contributed by atoms with E-state index in [1.165, 1.54) is 5.56 Å². The van der Waals surface area contributed by atoms with Gasteiger partial charge in [0.25, 0.3) is 0 Å². The van der Waals surface area contributed by atoms with Crippen LogP contribution in [0.5, 0.6) is 0 Å². The number of nitrogens with one attached hydrogen (secondary N) is 1. The Morgan fingerprint density at radius 3 is 2.79 bits per heavy atom. The Kier molecular flexibility index (Phi) is 5.47. The Morgan fingerprint density at radius 2 is 2.07 bits per heavy atom. The first kappa shape index (κ1) is 10.8. The van der Waals surface area contributed by atoms with E-state index in [2.05, 4.69) is 17.6 Å². The van der Waals surface area contributed by atoms with Crippen molar-refractivity contribution in [2.75, 3.05) is 13.2 Å². The maximum atomic E-state index is 8.41. The molecule has 14 heavy (non-hydrogen) atoms. The summed E-state index contributed by atoms with van der Waals surface area (Å²) in [6.45, 7) is 0.329. The summed E-state index contributed by atoms with van der Waals surface area (Å²) in [4.78, 5) is 4.83. The largest absolute Gasteiger partial charge is 0.394 e. The molecule has 0 amide bonds. The first-order chi connectivity index (χ1) is 6.93. The molecule has 0 saturated carbocycles. The van der Waals surface area contributed by atoms with Crippen LogP contribution >= 0.6 is 0 Å². The fraction of sp³-hybridized carbons (Fsp3) is 0.273. The van der Waals surface area contributed by atoms with Gasteiger partial charge >= 0.3 is 0 Å². The standard InChI is InChI=1S/C11H15NO2/c13-9-10-14-12-8-4-7-11-5-2-1-3-6-11/h1-6,8,12-13H,7,9-10H2. The molecule has 1 aromatic rings. The average molecular weight is 193 g/mol. The first-order valence-corrected chi connectivity index (χ1v) is 4.60. The number of aliphatic hydroxyl groups is 1. The van der Waals surface area contributed by atoms with E-state index in [4.69, 9.17) is 9.94 Å². The van der Waals surface area contributed by atoms with Crippen molar-refractivity contribution >= 4 is 0 Å². The van der Waals surface area contributed by atoms with Crippen LogP contribution in [0.25, 0.3) is 0 Å². The highest BCUT2D eigenvalue weighted by Crippen LogP contribution is 1.99. The lowest BCUT2D eigenvalue weighted by molar-refractivity contribution is 0.0421. The minimum Gasteiger partial charge on any atom is -0.394 e. The van der Waals surface area contributed by atoms with Gasteiger partial charge in [-0.1, -0.05) is 36.4 Å². The molecule has 0 radical (unpaired) electrons. The van der Waals surface area contributed by atoms with Gasteiger partial charge < -0.3 is 5.11 Å². The van der Waals surface area contributed by atoms with Crippen LogP contribution in [0, 0.1) is 0 Å². The Balaban J connectivity index is 2.14. The molecule has 1 rings (SSSR count). The van der Waals surface area contributed by atoms with Crippen molar-refractivity contribution in [1.29, 1.82) is 0 Å². The number of benzene rings is 1. The summed E-state index contributed by atoms with van der Waals surface area (Å²) in [6.07, 6.45) is 4.56. The zero-order chi connectivity index (χ0) is 10.1. The Bertz CT molecular complexity index is 259. The van der Waals surface area contributed by atoms with Gasteiger partial charge in [-0.3, -0.25) is 10.3 Å². The second kappa shape index (κ2) is 7.12. The van der Waals surface area contributed by atoms with Gasteiger partial charge in [0.15, 0.2) is 0 Å². The highest BCUT2D eigenvalue weighted by molar-refractivity contribution is 5.17. The average Bonchev–Trinajstić information content (AvgIpc) is 2.25. The van der Waals surface area contributed by atoms with Crippen molar-refractivity contribution in [1.82, 2.24) is 5.48 Å². The number of hydrogen-bond donors (Lipinski definition) is 2. The molecule has 1 aromatic carbocycles. The van der Waals surface area contributed by atoms with E-state index in [0.29, 0.717) is 6.61 Å². The molecule has 0 aliphatic heterocycles. The molecule has 0 atom stereocenters. The smallest absolute Gasteiger partial charge is 0.0976 e. The third-order valence-electron chi connectivity index (χ3n) is 1.66. The normalized spacial score (nSPS) is 10.6. The van der Waals surface area contributed by atoms with Gasteiger partial charge in [0.2, 0.25) is 0 Å². The number of rotatable bonds is 6. The lowest BCUT2D eigenvalue weighted by atomic mass is 10.1. The molecular weight excluding hydrogens is 178 g/mol. The van der Waals surface area contributed by atoms with Gasteiger partial charge in [-0.05, 0) is 12.0 Å². The molecule has 0 heterocycles. The van der Waals surface area contributed by atoms with Crippen molar-refractivity contribution in [3.8, 4) is 0 Å². The second-order valence-electron chi connectivity index (χ2n) is 2.78. The number of allylic oxidation sites excluding steroid dienone is 1. The Hall–Kier alpha value is -1.32. The molecule has 0 aliphatic rings. The van der Waals surface area contributed by atoms with Crippen molar-refractivity contribution in [2.45, 2.75) is 6.42 Å². The van der Waals surface area contributed by atoms with Crippen LogP contribution in [0.15, 0.2) is 42.6 Å². The molecule has 0 saturated heterocycles. The van der Waals surface area contributed by atoms with E-state index >= 15 is 0 Å². The third-order valence-corrected chi connectivity index (χ3v) is 1.66. The summed E-state index contributed by atoms with van der Waals surface area (Å²) >= 11 is 0. The molecule has 0 aromatic heterocycles.